The van der Waals surface area contributed by atoms with Crippen LogP contribution in [0.5, 0.6) is 0 Å². The molecule has 1 aromatic carbocycles. The Morgan fingerprint density at radius 2 is 2.04 bits per heavy atom. The van der Waals surface area contributed by atoms with Gasteiger partial charge in [-0.2, -0.15) is 9.97 Å². The number of benzene rings is 1. The Morgan fingerprint density at radius 1 is 1.29 bits per heavy atom. The lowest BCUT2D eigenvalue weighted by atomic mass is 10.2. The Kier molecular flexibility index (Phi) is 4.71. The number of hydrogen-bond acceptors (Lipinski definition) is 5. The first-order chi connectivity index (χ1) is 11.6. The van der Waals surface area contributed by atoms with Crippen LogP contribution >= 0.6 is 11.6 Å². The third-order valence-corrected chi connectivity index (χ3v) is 3.97. The van der Waals surface area contributed by atoms with Gasteiger partial charge >= 0.3 is 5.69 Å². The molecule has 8 heteroatoms. The van der Waals surface area contributed by atoms with Crippen molar-refractivity contribution in [2.24, 2.45) is 0 Å². The summed E-state index contributed by atoms with van der Waals surface area (Å²) in [7, 11) is 0. The third-order valence-electron chi connectivity index (χ3n) is 3.72. The Bertz CT molecular complexity index is 899. The van der Waals surface area contributed by atoms with Gasteiger partial charge in [0.1, 0.15) is 5.52 Å². The molecule has 0 bridgehead atoms. The van der Waals surface area contributed by atoms with E-state index in [-0.39, 0.29) is 11.5 Å². The monoisotopic (exact) mass is 346 g/mol. The number of unbranched alkanes of at least 4 members (excludes halogenated alkanes) is 1. The van der Waals surface area contributed by atoms with Crippen molar-refractivity contribution in [3.05, 3.63) is 45.3 Å². The molecule has 3 aromatic rings. The first kappa shape index (κ1) is 16.3. The summed E-state index contributed by atoms with van der Waals surface area (Å²) in [4.78, 5) is 23.6. The van der Waals surface area contributed by atoms with Crippen molar-refractivity contribution >= 4 is 34.5 Å². The molecule has 0 saturated heterocycles. The summed E-state index contributed by atoms with van der Waals surface area (Å²) in [5.41, 5.74) is 7.58. The second kappa shape index (κ2) is 6.92. The lowest BCUT2D eigenvalue weighted by Gasteiger charge is -2.07. The number of H-pyrrole nitrogens is 1. The molecule has 2 aromatic heterocycles. The minimum atomic E-state index is -0.272. The molecule has 0 aliphatic carbocycles. The molecule has 3 rings (SSSR count). The van der Waals surface area contributed by atoms with E-state index < -0.39 is 0 Å². The van der Waals surface area contributed by atoms with E-state index in [1.807, 2.05) is 12.1 Å². The highest BCUT2D eigenvalue weighted by atomic mass is 35.5. The van der Waals surface area contributed by atoms with Gasteiger partial charge in [0.05, 0.1) is 6.54 Å². The van der Waals surface area contributed by atoms with Gasteiger partial charge in [-0.25, -0.2) is 4.79 Å². The summed E-state index contributed by atoms with van der Waals surface area (Å²) >= 11 is 5.90. The van der Waals surface area contributed by atoms with Gasteiger partial charge in [-0.15, -0.1) is 0 Å². The Hall–Kier alpha value is -2.54. The molecule has 0 aliphatic rings. The second-order valence-electron chi connectivity index (χ2n) is 5.55. The number of aromatic nitrogens is 4. The van der Waals surface area contributed by atoms with Crippen molar-refractivity contribution in [1.29, 1.82) is 0 Å². The molecule has 0 fully saturated rings. The Morgan fingerprint density at radius 3 is 2.75 bits per heavy atom. The number of rotatable bonds is 6. The molecular formula is C16H19ClN6O. The highest BCUT2D eigenvalue weighted by Gasteiger charge is 2.14. The van der Waals surface area contributed by atoms with Gasteiger partial charge in [-0.1, -0.05) is 37.1 Å². The highest BCUT2D eigenvalue weighted by Crippen LogP contribution is 2.18. The Labute approximate surface area is 143 Å². The van der Waals surface area contributed by atoms with Crippen LogP contribution < -0.4 is 16.7 Å². The first-order valence-corrected chi connectivity index (χ1v) is 8.20. The summed E-state index contributed by atoms with van der Waals surface area (Å²) in [6.45, 7) is 3.24. The molecule has 0 saturated carbocycles. The van der Waals surface area contributed by atoms with Gasteiger partial charge in [-0.05, 0) is 24.1 Å². The van der Waals surface area contributed by atoms with Crippen LogP contribution in [-0.4, -0.2) is 26.1 Å². The molecule has 0 amide bonds. The minimum Gasteiger partial charge on any atom is -0.382 e. The first-order valence-electron chi connectivity index (χ1n) is 7.83. The fraction of sp³-hybridized carbons (Fsp3) is 0.312. The number of nitrogen functional groups attached to an aromatic ring is 1. The van der Waals surface area contributed by atoms with Gasteiger partial charge in [0, 0.05) is 11.6 Å². The Balaban J connectivity index is 1.98. The van der Waals surface area contributed by atoms with Crippen molar-refractivity contribution in [2.45, 2.75) is 26.3 Å². The topological polar surface area (TPSA) is 102 Å². The lowest BCUT2D eigenvalue weighted by molar-refractivity contribution is 0.776. The largest absolute Gasteiger partial charge is 0.382 e. The minimum absolute atomic E-state index is 0.256. The predicted octanol–water partition coefficient (Wildman–Crippen LogP) is 2.62. The van der Waals surface area contributed by atoms with Crippen LogP contribution in [0.2, 0.25) is 5.02 Å². The molecule has 0 atom stereocenters. The molecule has 0 unspecified atom stereocenters. The molecule has 24 heavy (non-hydrogen) atoms. The average Bonchev–Trinajstić information content (AvgIpc) is 2.87. The lowest BCUT2D eigenvalue weighted by Crippen LogP contribution is -2.18. The second-order valence-corrected chi connectivity index (χ2v) is 5.99. The van der Waals surface area contributed by atoms with Crippen molar-refractivity contribution < 1.29 is 0 Å². The van der Waals surface area contributed by atoms with E-state index in [2.05, 4.69) is 27.2 Å². The summed E-state index contributed by atoms with van der Waals surface area (Å²) in [6, 6.07) is 7.33. The molecule has 0 aliphatic heterocycles. The summed E-state index contributed by atoms with van der Waals surface area (Å²) in [5.74, 6) is 0.684. The number of hydrogen-bond donors (Lipinski definition) is 3. The van der Waals surface area contributed by atoms with Crippen LogP contribution in [-0.2, 0) is 6.54 Å². The SMILES string of the molecule is CCCCNc1nc(N)c2[nH]c(=O)n(Cc3ccc(Cl)cc3)c2n1. The quantitative estimate of drug-likeness (QED) is 0.595. The van der Waals surface area contributed by atoms with E-state index in [4.69, 9.17) is 17.3 Å². The van der Waals surface area contributed by atoms with Crippen molar-refractivity contribution in [2.75, 3.05) is 17.6 Å². The molecule has 0 radical (unpaired) electrons. The maximum absolute atomic E-state index is 12.3. The molecule has 126 valence electrons. The van der Waals surface area contributed by atoms with Gasteiger partial charge in [0.15, 0.2) is 11.5 Å². The van der Waals surface area contributed by atoms with Crippen LogP contribution in [0.1, 0.15) is 25.3 Å². The normalized spacial score (nSPS) is 11.1. The molecule has 7 nitrogen and oxygen atoms in total. The van der Waals surface area contributed by atoms with Crippen molar-refractivity contribution in [1.82, 2.24) is 19.5 Å². The summed E-state index contributed by atoms with van der Waals surface area (Å²) in [5, 5.41) is 3.79. The van der Waals surface area contributed by atoms with Gasteiger partial charge in [-0.3, -0.25) is 4.57 Å². The van der Waals surface area contributed by atoms with Crippen LogP contribution in [0, 0.1) is 0 Å². The number of fused-ring (bicyclic) bond motifs is 1. The fourth-order valence-corrected chi connectivity index (χ4v) is 2.55. The summed E-state index contributed by atoms with van der Waals surface area (Å²) < 4.78 is 1.54. The third kappa shape index (κ3) is 3.35. The van der Waals surface area contributed by atoms with E-state index >= 15 is 0 Å². The fourth-order valence-electron chi connectivity index (χ4n) is 2.43. The predicted molar refractivity (Wildman–Crippen MR) is 96.5 cm³/mol. The smallest absolute Gasteiger partial charge is 0.328 e. The molecule has 0 spiro atoms. The van der Waals surface area contributed by atoms with Gasteiger partial charge < -0.3 is 16.0 Å². The number of nitrogens with one attached hydrogen (secondary N) is 2. The zero-order valence-electron chi connectivity index (χ0n) is 13.3. The van der Waals surface area contributed by atoms with E-state index in [0.29, 0.717) is 28.7 Å². The number of aromatic amines is 1. The van der Waals surface area contributed by atoms with E-state index in [0.717, 1.165) is 24.9 Å². The number of halogens is 1. The molecule has 2 heterocycles. The van der Waals surface area contributed by atoms with Crippen LogP contribution in [0.3, 0.4) is 0 Å². The van der Waals surface area contributed by atoms with Crippen LogP contribution in [0.15, 0.2) is 29.1 Å². The van der Waals surface area contributed by atoms with Crippen molar-refractivity contribution in [3.63, 3.8) is 0 Å². The zero-order valence-corrected chi connectivity index (χ0v) is 14.1. The van der Waals surface area contributed by atoms with Crippen LogP contribution in [0.25, 0.3) is 11.2 Å². The average molecular weight is 347 g/mol. The standard InChI is InChI=1S/C16H19ClN6O/c1-2-3-8-19-15-21-13(18)12-14(22-15)23(16(24)20-12)9-10-4-6-11(17)7-5-10/h4-7H,2-3,8-9H2,1H3,(H,20,24)(H3,18,19,21,22). The molecule has 4 N–H and O–H groups in total. The van der Waals surface area contributed by atoms with Gasteiger partial charge in [0.2, 0.25) is 5.95 Å². The molecular weight excluding hydrogens is 328 g/mol. The zero-order chi connectivity index (χ0) is 17.1. The van der Waals surface area contributed by atoms with E-state index in [9.17, 15) is 4.79 Å². The summed E-state index contributed by atoms with van der Waals surface area (Å²) in [6.07, 6.45) is 2.07. The number of anilines is 2. The van der Waals surface area contributed by atoms with Crippen LogP contribution in [0.4, 0.5) is 11.8 Å². The number of nitrogens with zero attached hydrogens (tertiary/aromatic N) is 3. The van der Waals surface area contributed by atoms with Crippen molar-refractivity contribution in [3.8, 4) is 0 Å². The maximum Gasteiger partial charge on any atom is 0.328 e. The van der Waals surface area contributed by atoms with Gasteiger partial charge in [0.25, 0.3) is 0 Å². The highest BCUT2D eigenvalue weighted by molar-refractivity contribution is 6.30. The van der Waals surface area contributed by atoms with E-state index in [1.54, 1.807) is 16.7 Å². The van der Waals surface area contributed by atoms with E-state index in [1.165, 1.54) is 0 Å². The maximum atomic E-state index is 12.3. The number of nitrogens with two attached hydrogens (primary N) is 1. The number of imidazole rings is 1.